The van der Waals surface area contributed by atoms with Crippen LogP contribution in [0.25, 0.3) is 53.7 Å². The number of likely N-dealkylation sites (tertiary alicyclic amines) is 2. The van der Waals surface area contributed by atoms with Crippen molar-refractivity contribution in [1.82, 2.24) is 70.4 Å². The molecule has 6 fully saturated rings. The highest BCUT2D eigenvalue weighted by atomic mass is 32.1. The summed E-state index contributed by atoms with van der Waals surface area (Å²) in [6.07, 6.45) is 6.76. The smallest absolute Gasteiger partial charge is 0.417 e. The highest BCUT2D eigenvalue weighted by Gasteiger charge is 2.72. The normalized spacial score (nSPS) is 24.1. The molecule has 8 aromatic rings. The van der Waals surface area contributed by atoms with Gasteiger partial charge in [-0.1, -0.05) is 43.3 Å². The van der Waals surface area contributed by atoms with Crippen molar-refractivity contribution in [2.45, 2.75) is 140 Å². The molecule has 470 valence electrons. The number of ether oxygens (including phenoxy) is 1. The Balaban J connectivity index is 0.618. The first kappa shape index (κ1) is 59.4. The van der Waals surface area contributed by atoms with Gasteiger partial charge >= 0.3 is 12.2 Å². The second-order valence-electron chi connectivity index (χ2n) is 26.3. The van der Waals surface area contributed by atoms with Gasteiger partial charge in [0.2, 0.25) is 11.8 Å². The first-order valence-electron chi connectivity index (χ1n) is 31.0. The number of hydrogen-bond donors (Lipinski definition) is 5. The molecule has 2 saturated carbocycles. The number of rotatable bonds is 18. The summed E-state index contributed by atoms with van der Waals surface area (Å²) >= 11 is 1.19. The fourth-order valence-corrected chi connectivity index (χ4v) is 16.5. The molecular formula is C63H72F5N15O5S. The van der Waals surface area contributed by atoms with Gasteiger partial charge in [0.1, 0.15) is 29.3 Å². The van der Waals surface area contributed by atoms with Crippen LogP contribution >= 0.6 is 11.3 Å². The second-order valence-corrected chi connectivity index (χ2v) is 27.3. The van der Waals surface area contributed by atoms with Crippen LogP contribution in [0.5, 0.6) is 6.01 Å². The standard InChI is InChI=1S/C63H72F5N15O5S/c1-5-82-47(13-17-71-82)38-8-6-37(7-9-38)46(30-84)73-56(86)48-22-42(85)29-81(48)58(87)53(34(2)3)83-28-41(76-78-83)21-36-23-60(24-36)14-18-79(19-15-60)32-61(31-62(61,64)65)33-88-59-74-55(80-26-39-10-11-40(27-80)72-39)50-43-12-16-69-52(54(43)89-57(50)75-59)49-44-25-70-77-45(44)20-35(4)51(49)63(66,67)68/h6-9,12-13,16-17,20,25,28,34,36,39-40,42,46,48,53,72,84-85H,5,10-11,14-15,18-19,21-24,26-27,29-33H2,1-4H3,(H,70,77)(H,73,86)/t39?,40?,42-,46+,48+,53+,61-/m1/s1. The van der Waals surface area contributed by atoms with Gasteiger partial charge in [0.05, 0.1) is 68.6 Å². The van der Waals surface area contributed by atoms with Crippen LogP contribution in [-0.2, 0) is 28.7 Å². The Morgan fingerprint density at radius 2 is 1.74 bits per heavy atom. The van der Waals surface area contributed by atoms with E-state index < -0.39 is 53.2 Å². The lowest BCUT2D eigenvalue weighted by Gasteiger charge is -2.52. The monoisotopic (exact) mass is 1250 g/mol. The number of fused-ring (bicyclic) bond motifs is 6. The Hall–Kier alpha value is -7.26. The minimum Gasteiger partial charge on any atom is -0.462 e. The van der Waals surface area contributed by atoms with Gasteiger partial charge in [-0.15, -0.1) is 16.4 Å². The summed E-state index contributed by atoms with van der Waals surface area (Å²) in [5.74, 6) is -3.17. The number of nitrogens with one attached hydrogen (secondary N) is 3. The number of β-amino-alcohol motifs (C(OH)–C–C–N with tert-alkyl or cyclic N) is 1. The molecule has 1 spiro atoms. The molecule has 6 aliphatic rings. The van der Waals surface area contributed by atoms with Gasteiger partial charge in [0.15, 0.2) is 0 Å². The van der Waals surface area contributed by atoms with Crippen LogP contribution < -0.4 is 20.3 Å². The van der Waals surface area contributed by atoms with Gasteiger partial charge in [-0.05, 0) is 124 Å². The van der Waals surface area contributed by atoms with E-state index in [1.807, 2.05) is 62.0 Å². The summed E-state index contributed by atoms with van der Waals surface area (Å²) in [5, 5.41) is 49.7. The number of carbonyl (C=O) groups excluding carboxylic acids is 2. The van der Waals surface area contributed by atoms with Crippen molar-refractivity contribution in [3.63, 3.8) is 0 Å². The van der Waals surface area contributed by atoms with E-state index in [9.17, 15) is 19.8 Å². The van der Waals surface area contributed by atoms with Crippen molar-refractivity contribution < 1.29 is 46.5 Å². The van der Waals surface area contributed by atoms with E-state index >= 15 is 22.0 Å². The fraction of sp³-hybridized carbons (Fsp3) is 0.540. The van der Waals surface area contributed by atoms with Gasteiger partial charge in [0.25, 0.3) is 5.92 Å². The summed E-state index contributed by atoms with van der Waals surface area (Å²) in [6.45, 7) is 9.94. The molecule has 4 aliphatic heterocycles. The maximum atomic E-state index is 15.8. The number of halogens is 5. The van der Waals surface area contributed by atoms with E-state index in [1.54, 1.807) is 16.9 Å². The first-order valence-corrected chi connectivity index (χ1v) is 31.8. The van der Waals surface area contributed by atoms with E-state index in [1.165, 1.54) is 41.6 Å². The zero-order valence-corrected chi connectivity index (χ0v) is 50.8. The number of H-pyrrole nitrogens is 1. The first-order chi connectivity index (χ1) is 42.7. The summed E-state index contributed by atoms with van der Waals surface area (Å²) in [6, 6.07) is 10.5. The van der Waals surface area contributed by atoms with Gasteiger partial charge < -0.3 is 40.3 Å². The van der Waals surface area contributed by atoms with Crippen LogP contribution in [0.15, 0.2) is 67.3 Å². The molecule has 14 rings (SSSR count). The Kier molecular flexibility index (Phi) is 15.1. The molecule has 89 heavy (non-hydrogen) atoms. The van der Waals surface area contributed by atoms with E-state index in [4.69, 9.17) is 14.7 Å². The molecule has 2 amide bonds. The van der Waals surface area contributed by atoms with Crippen molar-refractivity contribution >= 4 is 60.2 Å². The van der Waals surface area contributed by atoms with E-state index in [0.717, 1.165) is 55.5 Å². The number of amides is 2. The maximum absolute atomic E-state index is 15.8. The van der Waals surface area contributed by atoms with Gasteiger partial charge in [0, 0.05) is 92.6 Å². The highest BCUT2D eigenvalue weighted by molar-refractivity contribution is 7.26. The highest BCUT2D eigenvalue weighted by Crippen LogP contribution is 2.62. The van der Waals surface area contributed by atoms with Crippen LogP contribution in [-0.4, -0.2) is 164 Å². The minimum absolute atomic E-state index is 0.0278. The molecule has 0 radical (unpaired) electrons. The lowest BCUT2D eigenvalue weighted by Crippen LogP contribution is -2.51. The summed E-state index contributed by atoms with van der Waals surface area (Å²) in [5.41, 5.74) is 1.67. The third-order valence-corrected chi connectivity index (χ3v) is 21.1. The quantitative estimate of drug-likeness (QED) is 0.0506. The van der Waals surface area contributed by atoms with Crippen molar-refractivity contribution in [2.24, 2.45) is 22.7 Å². The molecule has 2 bridgehead atoms. The number of hydrogen-bond acceptors (Lipinski definition) is 16. The number of nitrogens with zero attached hydrogens (tertiary/aromatic N) is 12. The number of aryl methyl sites for hydroxylation is 2. The number of pyridine rings is 1. The zero-order chi connectivity index (χ0) is 61.9. The van der Waals surface area contributed by atoms with Gasteiger partial charge in [-0.3, -0.25) is 24.4 Å². The lowest BCUT2D eigenvalue weighted by atomic mass is 9.56. The van der Waals surface area contributed by atoms with E-state index in [-0.39, 0.29) is 96.7 Å². The molecule has 2 unspecified atom stereocenters. The maximum Gasteiger partial charge on any atom is 0.417 e. The zero-order valence-electron chi connectivity index (χ0n) is 50.0. The number of aromatic nitrogens is 10. The van der Waals surface area contributed by atoms with Crippen LogP contribution in [0.1, 0.15) is 107 Å². The largest absolute Gasteiger partial charge is 0.462 e. The summed E-state index contributed by atoms with van der Waals surface area (Å²) < 4.78 is 86.9. The summed E-state index contributed by atoms with van der Waals surface area (Å²) in [4.78, 5) is 49.0. The molecule has 10 heterocycles. The average molecular weight is 1250 g/mol. The topological polar surface area (TPSA) is 233 Å². The number of thiophene rings is 1. The predicted molar refractivity (Wildman–Crippen MR) is 323 cm³/mol. The Morgan fingerprint density at radius 1 is 0.989 bits per heavy atom. The molecule has 2 aliphatic carbocycles. The predicted octanol–water partition coefficient (Wildman–Crippen LogP) is 8.67. The minimum atomic E-state index is -4.70. The number of benzene rings is 2. The van der Waals surface area contributed by atoms with Gasteiger partial charge in [-0.2, -0.15) is 33.3 Å². The number of piperazine rings is 1. The SMILES string of the molecule is CCn1nccc1-c1ccc([C@H](CO)NC(=O)[C@@H]2C[C@@H](O)CN2C(=O)[C@H](C(C)C)n2cc(CC3CC4(CCN(C[C@@]5(COc6nc(N7CC8CCC(C7)N8)c7c(n6)sc6c(-c8c(C(F)(F)F)c(C)cc9[nH]ncc89)nccc67)CC5(F)F)CC4)C3)nn2)cc1. The third kappa shape index (κ3) is 10.9. The van der Waals surface area contributed by atoms with Crippen LogP contribution in [0.2, 0.25) is 0 Å². The number of alkyl halides is 5. The molecule has 2 aromatic carbocycles. The lowest BCUT2D eigenvalue weighted by molar-refractivity contribution is -0.142. The van der Waals surface area contributed by atoms with Crippen molar-refractivity contribution in [3.05, 3.63) is 89.6 Å². The average Bonchev–Trinajstić information content (AvgIpc) is 1.62. The Bertz CT molecular complexity index is 3970. The number of carbonyl (C=O) groups is 2. The van der Waals surface area contributed by atoms with Gasteiger partial charge in [-0.25, -0.2) is 13.5 Å². The van der Waals surface area contributed by atoms with Crippen molar-refractivity contribution in [2.75, 3.05) is 57.4 Å². The van der Waals surface area contributed by atoms with Crippen LogP contribution in [0.4, 0.5) is 27.8 Å². The number of aliphatic hydroxyl groups is 2. The van der Waals surface area contributed by atoms with E-state index in [2.05, 4.69) is 51.0 Å². The van der Waals surface area contributed by atoms with Crippen molar-refractivity contribution in [1.29, 1.82) is 0 Å². The molecule has 26 heteroatoms. The number of aliphatic hydroxyl groups excluding tert-OH is 2. The number of anilines is 1. The Morgan fingerprint density at radius 3 is 2.44 bits per heavy atom. The van der Waals surface area contributed by atoms with Crippen LogP contribution in [0, 0.1) is 29.6 Å². The number of piperidine rings is 1. The summed E-state index contributed by atoms with van der Waals surface area (Å²) in [7, 11) is 0. The molecule has 6 aromatic heterocycles. The van der Waals surface area contributed by atoms with Crippen LogP contribution in [0.3, 0.4) is 0 Å². The second kappa shape index (κ2) is 22.6. The third-order valence-electron chi connectivity index (χ3n) is 20.0. The number of aromatic amines is 1. The van der Waals surface area contributed by atoms with Crippen molar-refractivity contribution in [3.8, 4) is 28.5 Å². The fourth-order valence-electron chi connectivity index (χ4n) is 15.4. The molecule has 4 saturated heterocycles. The molecule has 20 nitrogen and oxygen atoms in total. The Labute approximate surface area is 513 Å². The molecular weight excluding hydrogens is 1170 g/mol. The van der Waals surface area contributed by atoms with E-state index in [0.29, 0.717) is 82.3 Å². The molecule has 5 N–H and O–H groups in total. The molecule has 7 atom stereocenters.